The lowest BCUT2D eigenvalue weighted by Gasteiger charge is -2.63. The van der Waals surface area contributed by atoms with E-state index in [0.717, 1.165) is 48.8 Å². The first-order chi connectivity index (χ1) is 16.8. The van der Waals surface area contributed by atoms with Crippen molar-refractivity contribution in [1.29, 1.82) is 0 Å². The number of hydrogen-bond donors (Lipinski definition) is 2. The molecule has 4 saturated carbocycles. The lowest BCUT2D eigenvalue weighted by Crippen LogP contribution is -2.58. The molecule has 0 unspecified atom stereocenters. The minimum Gasteiger partial charge on any atom is -0.387 e. The Bertz CT molecular complexity index is 932. The van der Waals surface area contributed by atoms with Crippen molar-refractivity contribution < 1.29 is 14.6 Å². The van der Waals surface area contributed by atoms with Gasteiger partial charge in [-0.15, -0.1) is 0 Å². The highest BCUT2D eigenvalue weighted by molar-refractivity contribution is 5.94. The van der Waals surface area contributed by atoms with Gasteiger partial charge in [-0.1, -0.05) is 32.0 Å². The van der Waals surface area contributed by atoms with Crippen LogP contribution in [0, 0.1) is 47.3 Å². The Morgan fingerprint density at radius 1 is 1.06 bits per heavy atom. The summed E-state index contributed by atoms with van der Waals surface area (Å²) in [7, 11) is 0. The molecule has 1 aromatic rings. The van der Waals surface area contributed by atoms with Crippen LogP contribution < -0.4 is 5.32 Å². The van der Waals surface area contributed by atoms with Gasteiger partial charge in [-0.25, -0.2) is 0 Å². The van der Waals surface area contributed by atoms with Crippen molar-refractivity contribution in [1.82, 2.24) is 0 Å². The fourth-order valence-corrected chi connectivity index (χ4v) is 9.62. The summed E-state index contributed by atoms with van der Waals surface area (Å²) >= 11 is 0. The third-order valence-corrected chi connectivity index (χ3v) is 11.5. The molecule has 0 spiro atoms. The maximum Gasteiger partial charge on any atom is 0.228 e. The Morgan fingerprint density at radius 2 is 1.86 bits per heavy atom. The smallest absolute Gasteiger partial charge is 0.228 e. The van der Waals surface area contributed by atoms with E-state index in [1.165, 1.54) is 38.5 Å². The Balaban J connectivity index is 1.33. The first-order valence-electron chi connectivity index (χ1n) is 14.4. The summed E-state index contributed by atoms with van der Waals surface area (Å²) in [4.78, 5) is 13.5. The molecule has 4 fully saturated rings. The zero-order valence-corrected chi connectivity index (χ0v) is 22.4. The number of benzene rings is 1. The zero-order valence-electron chi connectivity index (χ0n) is 22.4. The van der Waals surface area contributed by atoms with Crippen LogP contribution in [0.25, 0.3) is 0 Å². The summed E-state index contributed by atoms with van der Waals surface area (Å²) in [6.07, 6.45) is 11.3. The molecular formula is C31H47NO3. The Hall–Kier alpha value is -1.39. The number of fused-ring (bicyclic) bond motifs is 5. The third kappa shape index (κ3) is 4.17. The minimum absolute atomic E-state index is 0.111. The second kappa shape index (κ2) is 9.49. The van der Waals surface area contributed by atoms with Crippen LogP contribution in [-0.4, -0.2) is 29.8 Å². The van der Waals surface area contributed by atoms with Gasteiger partial charge in [0.25, 0.3) is 0 Å². The number of para-hydroxylation sites is 1. The highest BCUT2D eigenvalue weighted by Crippen LogP contribution is 2.69. The van der Waals surface area contributed by atoms with Crippen LogP contribution in [0.2, 0.25) is 0 Å². The van der Waals surface area contributed by atoms with E-state index in [4.69, 9.17) is 4.74 Å². The van der Waals surface area contributed by atoms with Gasteiger partial charge in [0, 0.05) is 18.2 Å². The number of carbonyl (C=O) groups is 1. The molecule has 4 nitrogen and oxygen atoms in total. The quantitative estimate of drug-likeness (QED) is 0.472. The van der Waals surface area contributed by atoms with Crippen LogP contribution in [0.5, 0.6) is 0 Å². The van der Waals surface area contributed by atoms with Crippen molar-refractivity contribution >= 4 is 11.6 Å². The van der Waals surface area contributed by atoms with Gasteiger partial charge in [0.2, 0.25) is 5.91 Å². The molecule has 1 amide bonds. The highest BCUT2D eigenvalue weighted by atomic mass is 16.5. The Labute approximate surface area is 212 Å². The number of carbonyl (C=O) groups excluding carboxylic acids is 1. The molecule has 0 heterocycles. The molecule has 194 valence electrons. The van der Waals surface area contributed by atoms with Crippen molar-refractivity contribution in [2.75, 3.05) is 18.5 Å². The SMILES string of the molecule is CCOC[C@@]1(O)CC[C@@]2(CC)[C@H](CC[C@H]3[C@@H]4CC[C@H](C(=O)Nc5ccccc5C)[C@@]4(C)CC[C@@H]32)C1. The summed E-state index contributed by atoms with van der Waals surface area (Å²) in [5.74, 6) is 3.10. The molecule has 4 heteroatoms. The van der Waals surface area contributed by atoms with Gasteiger partial charge in [0.1, 0.15) is 0 Å². The fourth-order valence-electron chi connectivity index (χ4n) is 9.62. The summed E-state index contributed by atoms with van der Waals surface area (Å²) < 4.78 is 5.70. The summed E-state index contributed by atoms with van der Waals surface area (Å²) in [5.41, 5.74) is 1.94. The molecule has 4 aliphatic rings. The van der Waals surface area contributed by atoms with Crippen LogP contribution in [0.1, 0.15) is 90.5 Å². The van der Waals surface area contributed by atoms with Crippen LogP contribution in [0.4, 0.5) is 5.69 Å². The third-order valence-electron chi connectivity index (χ3n) is 11.5. The monoisotopic (exact) mass is 481 g/mol. The van der Waals surface area contributed by atoms with Crippen LogP contribution in [-0.2, 0) is 9.53 Å². The van der Waals surface area contributed by atoms with Gasteiger partial charge < -0.3 is 15.2 Å². The van der Waals surface area contributed by atoms with Crippen LogP contribution in [0.3, 0.4) is 0 Å². The average molecular weight is 482 g/mol. The molecule has 0 saturated heterocycles. The van der Waals surface area contributed by atoms with Crippen molar-refractivity contribution in [2.24, 2.45) is 40.4 Å². The summed E-state index contributed by atoms with van der Waals surface area (Å²) in [6, 6.07) is 8.14. The highest BCUT2D eigenvalue weighted by Gasteiger charge is 2.63. The maximum absolute atomic E-state index is 13.5. The number of anilines is 1. The molecule has 0 bridgehead atoms. The number of aryl methyl sites for hydroxylation is 1. The van der Waals surface area contributed by atoms with E-state index in [2.05, 4.69) is 32.2 Å². The Kier molecular flexibility index (Phi) is 6.85. The fraction of sp³-hybridized carbons (Fsp3) is 0.774. The normalized spacial score (nSPS) is 42.6. The van der Waals surface area contributed by atoms with E-state index in [0.29, 0.717) is 30.5 Å². The Morgan fingerprint density at radius 3 is 2.60 bits per heavy atom. The van der Waals surface area contributed by atoms with E-state index >= 15 is 0 Å². The molecule has 5 rings (SSSR count). The predicted molar refractivity (Wildman–Crippen MR) is 141 cm³/mol. The molecule has 0 aliphatic heterocycles. The minimum atomic E-state index is -0.637. The standard InChI is InChI=1S/C31H47NO3/c1-5-31-18-17-30(34,20-35-6-2)19-22(31)11-12-23-24-13-14-26(29(24,4)16-15-25(23)31)28(33)32-27-10-8-7-9-21(27)3/h7-10,22-26,34H,5-6,11-20H2,1-4H3,(H,32,33)/t22-,23+,24+,25+,26-,29+,30-,31+/m1/s1. The first kappa shape index (κ1) is 25.3. The second-order valence-electron chi connectivity index (χ2n) is 12.8. The largest absolute Gasteiger partial charge is 0.387 e. The van der Waals surface area contributed by atoms with E-state index in [-0.39, 0.29) is 17.2 Å². The van der Waals surface area contributed by atoms with Crippen molar-refractivity contribution in [3.63, 3.8) is 0 Å². The van der Waals surface area contributed by atoms with Gasteiger partial charge in [-0.3, -0.25) is 4.79 Å². The molecule has 2 N–H and O–H groups in total. The van der Waals surface area contributed by atoms with E-state index in [1.807, 2.05) is 25.1 Å². The van der Waals surface area contributed by atoms with Gasteiger partial charge >= 0.3 is 0 Å². The topological polar surface area (TPSA) is 58.6 Å². The molecule has 4 aliphatic carbocycles. The van der Waals surface area contributed by atoms with Gasteiger partial charge in [0.05, 0.1) is 12.2 Å². The second-order valence-corrected chi connectivity index (χ2v) is 12.8. The number of hydrogen-bond acceptors (Lipinski definition) is 3. The van der Waals surface area contributed by atoms with Gasteiger partial charge in [-0.05, 0) is 124 Å². The van der Waals surface area contributed by atoms with E-state index < -0.39 is 5.60 Å². The number of rotatable bonds is 6. The molecule has 35 heavy (non-hydrogen) atoms. The number of aliphatic hydroxyl groups is 1. The van der Waals surface area contributed by atoms with Crippen molar-refractivity contribution in [3.05, 3.63) is 29.8 Å². The van der Waals surface area contributed by atoms with E-state index in [9.17, 15) is 9.90 Å². The lowest BCUT2D eigenvalue weighted by molar-refractivity contribution is -0.173. The molecule has 1 aromatic carbocycles. The average Bonchev–Trinajstić information content (AvgIpc) is 3.21. The number of ether oxygens (including phenoxy) is 1. The molecule has 0 radical (unpaired) electrons. The summed E-state index contributed by atoms with van der Waals surface area (Å²) in [6.45, 7) is 10.1. The number of amides is 1. The summed E-state index contributed by atoms with van der Waals surface area (Å²) in [5, 5.41) is 14.6. The van der Waals surface area contributed by atoms with Gasteiger partial charge in [0.15, 0.2) is 0 Å². The molecular weight excluding hydrogens is 434 g/mol. The van der Waals surface area contributed by atoms with Crippen LogP contribution >= 0.6 is 0 Å². The van der Waals surface area contributed by atoms with Gasteiger partial charge in [-0.2, -0.15) is 0 Å². The number of nitrogens with one attached hydrogen (secondary N) is 1. The zero-order chi connectivity index (χ0) is 24.8. The van der Waals surface area contributed by atoms with Crippen LogP contribution in [0.15, 0.2) is 24.3 Å². The molecule has 0 aromatic heterocycles. The predicted octanol–water partition coefficient (Wildman–Crippen LogP) is 6.75. The lowest BCUT2D eigenvalue weighted by atomic mass is 9.42. The van der Waals surface area contributed by atoms with E-state index in [1.54, 1.807) is 0 Å². The first-order valence-corrected chi connectivity index (χ1v) is 14.4. The van der Waals surface area contributed by atoms with Crippen molar-refractivity contribution in [2.45, 2.75) is 97.5 Å². The molecule has 8 atom stereocenters. The van der Waals surface area contributed by atoms with Crippen molar-refractivity contribution in [3.8, 4) is 0 Å². The maximum atomic E-state index is 13.5.